The fourth-order valence-corrected chi connectivity index (χ4v) is 1.92. The maximum atomic E-state index is 13.0. The van der Waals surface area contributed by atoms with Gasteiger partial charge in [-0.3, -0.25) is 0 Å². The van der Waals surface area contributed by atoms with Gasteiger partial charge >= 0.3 is 6.03 Å². The number of hydrogen-bond acceptors (Lipinski definition) is 2. The van der Waals surface area contributed by atoms with Crippen molar-refractivity contribution in [3.05, 3.63) is 35.6 Å². The lowest BCUT2D eigenvalue weighted by Crippen LogP contribution is -2.43. The van der Waals surface area contributed by atoms with Crippen LogP contribution in [0.15, 0.2) is 24.3 Å². The van der Waals surface area contributed by atoms with Crippen molar-refractivity contribution in [3.63, 3.8) is 0 Å². The van der Waals surface area contributed by atoms with Gasteiger partial charge in [-0.2, -0.15) is 0 Å². The van der Waals surface area contributed by atoms with E-state index in [2.05, 4.69) is 10.6 Å². The average molecular weight is 282 g/mol. The molecule has 0 spiro atoms. The van der Waals surface area contributed by atoms with Gasteiger partial charge in [-0.1, -0.05) is 32.9 Å². The van der Waals surface area contributed by atoms with Gasteiger partial charge in [0.2, 0.25) is 0 Å². The van der Waals surface area contributed by atoms with Gasteiger partial charge in [-0.25, -0.2) is 9.18 Å². The molecule has 0 aromatic heterocycles. The van der Waals surface area contributed by atoms with E-state index >= 15 is 0 Å². The van der Waals surface area contributed by atoms with Gasteiger partial charge in [0.05, 0.1) is 6.04 Å². The topological polar surface area (TPSA) is 61.4 Å². The number of benzene rings is 1. The first-order valence-electron chi connectivity index (χ1n) is 6.75. The molecule has 0 heterocycles. The molecule has 2 amide bonds. The normalized spacial score (nSPS) is 12.8. The molecule has 20 heavy (non-hydrogen) atoms. The minimum absolute atomic E-state index is 0.0426. The van der Waals surface area contributed by atoms with Crippen LogP contribution in [-0.4, -0.2) is 24.3 Å². The SMILES string of the molecule is CC(C)(C)C(NC(=O)NCCCO)c1ccc(F)cc1. The lowest BCUT2D eigenvalue weighted by Gasteiger charge is -2.32. The van der Waals surface area contributed by atoms with Crippen LogP contribution >= 0.6 is 0 Å². The van der Waals surface area contributed by atoms with Crippen LogP contribution in [-0.2, 0) is 0 Å². The standard InChI is InChI=1S/C15H23FN2O2/c1-15(2,3)13(11-5-7-12(16)8-6-11)18-14(20)17-9-4-10-19/h5-8,13,19H,4,9-10H2,1-3H3,(H2,17,18,20). The highest BCUT2D eigenvalue weighted by Gasteiger charge is 2.27. The van der Waals surface area contributed by atoms with Crippen molar-refractivity contribution in [2.75, 3.05) is 13.2 Å². The molecule has 1 aromatic carbocycles. The van der Waals surface area contributed by atoms with E-state index in [0.29, 0.717) is 13.0 Å². The lowest BCUT2D eigenvalue weighted by molar-refractivity contribution is 0.216. The van der Waals surface area contributed by atoms with E-state index in [4.69, 9.17) is 5.11 Å². The van der Waals surface area contributed by atoms with E-state index in [1.807, 2.05) is 20.8 Å². The molecule has 1 atom stereocenters. The molecule has 0 saturated carbocycles. The Labute approximate surface area is 119 Å². The van der Waals surface area contributed by atoms with E-state index in [9.17, 15) is 9.18 Å². The van der Waals surface area contributed by atoms with Gasteiger partial charge in [0.25, 0.3) is 0 Å². The summed E-state index contributed by atoms with van der Waals surface area (Å²) in [4.78, 5) is 11.8. The van der Waals surface area contributed by atoms with E-state index in [-0.39, 0.29) is 29.9 Å². The largest absolute Gasteiger partial charge is 0.396 e. The van der Waals surface area contributed by atoms with Crippen molar-refractivity contribution >= 4 is 6.03 Å². The zero-order valence-corrected chi connectivity index (χ0v) is 12.2. The zero-order chi connectivity index (χ0) is 15.2. The summed E-state index contributed by atoms with van der Waals surface area (Å²) < 4.78 is 13.0. The number of carbonyl (C=O) groups excluding carboxylic acids is 1. The van der Waals surface area contributed by atoms with Crippen LogP contribution in [0.5, 0.6) is 0 Å². The van der Waals surface area contributed by atoms with Crippen LogP contribution < -0.4 is 10.6 Å². The van der Waals surface area contributed by atoms with Crippen LogP contribution in [0.3, 0.4) is 0 Å². The Kier molecular flexibility index (Phi) is 5.95. The summed E-state index contributed by atoms with van der Waals surface area (Å²) in [6.45, 7) is 6.49. The second-order valence-electron chi connectivity index (χ2n) is 5.83. The molecule has 0 aliphatic rings. The number of halogens is 1. The van der Waals surface area contributed by atoms with Gasteiger partial charge in [0.1, 0.15) is 5.82 Å². The molecule has 4 nitrogen and oxygen atoms in total. The predicted molar refractivity (Wildman–Crippen MR) is 76.8 cm³/mol. The Morgan fingerprint density at radius 2 is 1.90 bits per heavy atom. The second kappa shape index (κ2) is 7.24. The highest BCUT2D eigenvalue weighted by Crippen LogP contribution is 2.32. The van der Waals surface area contributed by atoms with E-state index in [0.717, 1.165) is 5.56 Å². The molecule has 0 aliphatic heterocycles. The highest BCUT2D eigenvalue weighted by atomic mass is 19.1. The molecule has 5 heteroatoms. The molecule has 3 N–H and O–H groups in total. The van der Waals surface area contributed by atoms with Gasteiger partial charge in [-0.05, 0) is 29.5 Å². The number of hydrogen-bond donors (Lipinski definition) is 3. The molecule has 1 rings (SSSR count). The van der Waals surface area contributed by atoms with Crippen molar-refractivity contribution in [3.8, 4) is 0 Å². The van der Waals surface area contributed by atoms with Gasteiger partial charge in [0, 0.05) is 13.2 Å². The Morgan fingerprint density at radius 1 is 1.30 bits per heavy atom. The maximum Gasteiger partial charge on any atom is 0.315 e. The van der Waals surface area contributed by atoms with Gasteiger partial charge in [0.15, 0.2) is 0 Å². The molecule has 0 bridgehead atoms. The summed E-state index contributed by atoms with van der Waals surface area (Å²) in [5, 5.41) is 14.3. The molecule has 0 fully saturated rings. The summed E-state index contributed by atoms with van der Waals surface area (Å²) in [6, 6.07) is 5.62. The summed E-state index contributed by atoms with van der Waals surface area (Å²) in [6.07, 6.45) is 0.518. The number of nitrogens with one attached hydrogen (secondary N) is 2. The monoisotopic (exact) mass is 282 g/mol. The third-order valence-corrected chi connectivity index (χ3v) is 2.97. The van der Waals surface area contributed by atoms with Crippen LogP contribution in [0.1, 0.15) is 38.8 Å². The summed E-state index contributed by atoms with van der Waals surface area (Å²) in [5.41, 5.74) is 0.655. The van der Waals surface area contributed by atoms with Crippen LogP contribution in [0.25, 0.3) is 0 Å². The Morgan fingerprint density at radius 3 is 2.40 bits per heavy atom. The average Bonchev–Trinajstić information content (AvgIpc) is 2.36. The number of carbonyl (C=O) groups is 1. The smallest absolute Gasteiger partial charge is 0.315 e. The van der Waals surface area contributed by atoms with Crippen molar-refractivity contribution in [2.45, 2.75) is 33.2 Å². The number of aliphatic hydroxyl groups excluding tert-OH is 1. The Balaban J connectivity index is 2.76. The van der Waals surface area contributed by atoms with Crippen molar-refractivity contribution in [1.82, 2.24) is 10.6 Å². The Bertz CT molecular complexity index is 426. The fourth-order valence-electron chi connectivity index (χ4n) is 1.92. The molecule has 1 aromatic rings. The predicted octanol–water partition coefficient (Wildman–Crippen LogP) is 2.59. The highest BCUT2D eigenvalue weighted by molar-refractivity contribution is 5.74. The summed E-state index contributed by atoms with van der Waals surface area (Å²) in [7, 11) is 0. The van der Waals surface area contributed by atoms with Crippen molar-refractivity contribution < 1.29 is 14.3 Å². The van der Waals surface area contributed by atoms with E-state index in [1.165, 1.54) is 12.1 Å². The molecule has 0 saturated heterocycles. The van der Waals surface area contributed by atoms with E-state index in [1.54, 1.807) is 12.1 Å². The quantitative estimate of drug-likeness (QED) is 0.727. The molecule has 0 radical (unpaired) electrons. The van der Waals surface area contributed by atoms with Crippen LogP contribution in [0, 0.1) is 11.2 Å². The van der Waals surface area contributed by atoms with Gasteiger partial charge < -0.3 is 15.7 Å². The van der Waals surface area contributed by atoms with E-state index < -0.39 is 0 Å². The molecule has 0 aliphatic carbocycles. The molecular formula is C15H23FN2O2. The minimum Gasteiger partial charge on any atom is -0.396 e. The van der Waals surface area contributed by atoms with Crippen molar-refractivity contribution in [2.24, 2.45) is 5.41 Å². The third-order valence-electron chi connectivity index (χ3n) is 2.97. The molecule has 1 unspecified atom stereocenters. The summed E-state index contributed by atoms with van der Waals surface area (Å²) in [5.74, 6) is -0.297. The maximum absolute atomic E-state index is 13.0. The van der Waals surface area contributed by atoms with Crippen LogP contribution in [0.2, 0.25) is 0 Å². The van der Waals surface area contributed by atoms with Crippen molar-refractivity contribution in [1.29, 1.82) is 0 Å². The number of aliphatic hydroxyl groups is 1. The Hall–Kier alpha value is -1.62. The second-order valence-corrected chi connectivity index (χ2v) is 5.83. The molecular weight excluding hydrogens is 259 g/mol. The zero-order valence-electron chi connectivity index (χ0n) is 12.2. The first kappa shape index (κ1) is 16.4. The first-order chi connectivity index (χ1) is 9.34. The number of rotatable bonds is 5. The summed E-state index contributed by atoms with van der Waals surface area (Å²) >= 11 is 0. The third kappa shape index (κ3) is 5.17. The first-order valence-corrected chi connectivity index (χ1v) is 6.75. The number of urea groups is 1. The minimum atomic E-state index is -0.297. The fraction of sp³-hybridized carbons (Fsp3) is 0.533. The van der Waals surface area contributed by atoms with Crippen LogP contribution in [0.4, 0.5) is 9.18 Å². The van der Waals surface area contributed by atoms with Gasteiger partial charge in [-0.15, -0.1) is 0 Å². The number of amides is 2. The molecule has 112 valence electrons. The lowest BCUT2D eigenvalue weighted by atomic mass is 9.82.